The summed E-state index contributed by atoms with van der Waals surface area (Å²) in [5, 5.41) is 15.9. The molecule has 0 unspecified atom stereocenters. The van der Waals surface area contributed by atoms with Crippen molar-refractivity contribution in [2.45, 2.75) is 56.9 Å². The molecular weight excluding hydrogens is 430 g/mol. The third-order valence-electron chi connectivity index (χ3n) is 7.64. The Morgan fingerprint density at radius 1 is 1.03 bits per heavy atom. The van der Waals surface area contributed by atoms with Crippen molar-refractivity contribution >= 4 is 28.6 Å². The molecule has 1 aliphatic carbocycles. The number of carbonyl (C=O) groups excluding carboxylic acids is 1. The molecule has 34 heavy (non-hydrogen) atoms. The van der Waals surface area contributed by atoms with E-state index < -0.39 is 5.97 Å². The Morgan fingerprint density at radius 2 is 1.85 bits per heavy atom. The third-order valence-corrected chi connectivity index (χ3v) is 7.64. The monoisotopic (exact) mass is 459 g/mol. The summed E-state index contributed by atoms with van der Waals surface area (Å²) < 4.78 is 1.81. The molecule has 2 aliphatic heterocycles. The first-order chi connectivity index (χ1) is 16.6. The first-order valence-electron chi connectivity index (χ1n) is 12.4. The number of rotatable bonds is 5. The van der Waals surface area contributed by atoms with Gasteiger partial charge in [0, 0.05) is 38.0 Å². The average Bonchev–Trinajstić information content (AvgIpc) is 3.42. The Balaban J connectivity index is 1.51. The zero-order chi connectivity index (χ0) is 23.2. The minimum Gasteiger partial charge on any atom is -0.477 e. The number of hydrogen-bond acceptors (Lipinski definition) is 5. The summed E-state index contributed by atoms with van der Waals surface area (Å²) in [6, 6.07) is 11.7. The number of carboxylic acids is 1. The van der Waals surface area contributed by atoms with Crippen LogP contribution in [0.4, 0.5) is 5.69 Å². The molecule has 6 rings (SSSR count). The number of fused-ring (bicyclic) bond motifs is 1. The summed E-state index contributed by atoms with van der Waals surface area (Å²) in [4.78, 5) is 33.4. The van der Waals surface area contributed by atoms with Crippen LogP contribution in [0.25, 0.3) is 16.7 Å². The van der Waals surface area contributed by atoms with Crippen LogP contribution in [0.2, 0.25) is 0 Å². The van der Waals surface area contributed by atoms with E-state index in [9.17, 15) is 14.7 Å². The highest BCUT2D eigenvalue weighted by Gasteiger charge is 2.34. The van der Waals surface area contributed by atoms with Crippen molar-refractivity contribution in [1.82, 2.24) is 19.7 Å². The van der Waals surface area contributed by atoms with Crippen molar-refractivity contribution in [3.05, 3.63) is 47.8 Å². The summed E-state index contributed by atoms with van der Waals surface area (Å²) in [5.41, 5.74) is 3.41. The average molecular weight is 460 g/mol. The molecule has 3 fully saturated rings. The predicted molar refractivity (Wildman–Crippen MR) is 129 cm³/mol. The van der Waals surface area contributed by atoms with E-state index in [0.717, 1.165) is 67.6 Å². The minimum atomic E-state index is -1.04. The summed E-state index contributed by atoms with van der Waals surface area (Å²) >= 11 is 0. The lowest BCUT2D eigenvalue weighted by Gasteiger charge is -2.39. The summed E-state index contributed by atoms with van der Waals surface area (Å²) in [7, 11) is 0. The van der Waals surface area contributed by atoms with Crippen molar-refractivity contribution in [3.8, 4) is 5.69 Å². The standard InChI is InChI=1S/C26H29N5O3/c32-22-12-6-14-30(22)19-11-5-13-29(16-19)21-15-20(26(33)34)27-25-23(21)24(17-7-4-8-17)28-31(25)18-9-2-1-3-10-18/h1-3,9-10,15,17,19H,4-8,11-14,16H2,(H,33,34)/t19-/m1/s1. The fourth-order valence-corrected chi connectivity index (χ4v) is 5.68. The molecule has 1 atom stereocenters. The van der Waals surface area contributed by atoms with E-state index in [1.807, 2.05) is 39.9 Å². The second-order valence-electron chi connectivity index (χ2n) is 9.72. The van der Waals surface area contributed by atoms with E-state index in [2.05, 4.69) is 9.88 Å². The van der Waals surface area contributed by atoms with Gasteiger partial charge in [0.1, 0.15) is 0 Å². The Labute approximate surface area is 198 Å². The Bertz CT molecular complexity index is 1250. The number of para-hydroxylation sites is 1. The molecule has 0 spiro atoms. The second-order valence-corrected chi connectivity index (χ2v) is 9.72. The normalized spacial score (nSPS) is 21.3. The molecule has 0 radical (unpaired) electrons. The highest BCUT2D eigenvalue weighted by molar-refractivity contribution is 5.98. The fourth-order valence-electron chi connectivity index (χ4n) is 5.68. The van der Waals surface area contributed by atoms with Gasteiger partial charge in [0.25, 0.3) is 0 Å². The summed E-state index contributed by atoms with van der Waals surface area (Å²) in [6.07, 6.45) is 6.87. The first-order valence-corrected chi connectivity index (χ1v) is 12.4. The van der Waals surface area contributed by atoms with Crippen LogP contribution in [0.15, 0.2) is 36.4 Å². The second kappa shape index (κ2) is 8.42. The van der Waals surface area contributed by atoms with Gasteiger partial charge in [0.2, 0.25) is 5.91 Å². The molecule has 0 bridgehead atoms. The molecule has 1 amide bonds. The van der Waals surface area contributed by atoms with Gasteiger partial charge in [-0.05, 0) is 50.3 Å². The number of aromatic carboxylic acids is 1. The number of anilines is 1. The fraction of sp³-hybridized carbons (Fsp3) is 0.462. The van der Waals surface area contributed by atoms with E-state index in [1.54, 1.807) is 6.07 Å². The van der Waals surface area contributed by atoms with Crippen molar-refractivity contribution in [3.63, 3.8) is 0 Å². The summed E-state index contributed by atoms with van der Waals surface area (Å²) in [5.74, 6) is -0.438. The number of hydrogen-bond donors (Lipinski definition) is 1. The number of carboxylic acid groups (broad SMARTS) is 1. The molecule has 1 aromatic carbocycles. The molecule has 2 aromatic heterocycles. The van der Waals surface area contributed by atoms with Crippen molar-refractivity contribution in [2.75, 3.05) is 24.5 Å². The van der Waals surface area contributed by atoms with E-state index in [-0.39, 0.29) is 17.6 Å². The molecule has 4 heterocycles. The van der Waals surface area contributed by atoms with Gasteiger partial charge in [0.05, 0.1) is 22.5 Å². The predicted octanol–water partition coefficient (Wildman–Crippen LogP) is 3.98. The Hall–Kier alpha value is -3.42. The zero-order valence-electron chi connectivity index (χ0n) is 19.2. The van der Waals surface area contributed by atoms with Crippen LogP contribution in [-0.4, -0.2) is 62.3 Å². The van der Waals surface area contributed by atoms with Gasteiger partial charge in [-0.3, -0.25) is 4.79 Å². The van der Waals surface area contributed by atoms with Crippen molar-refractivity contribution < 1.29 is 14.7 Å². The lowest BCUT2D eigenvalue weighted by molar-refractivity contribution is -0.129. The van der Waals surface area contributed by atoms with Gasteiger partial charge in [-0.1, -0.05) is 24.6 Å². The Kier molecular flexibility index (Phi) is 5.23. The lowest BCUT2D eigenvalue weighted by atomic mass is 9.82. The van der Waals surface area contributed by atoms with Gasteiger partial charge < -0.3 is 14.9 Å². The van der Waals surface area contributed by atoms with Crippen LogP contribution < -0.4 is 4.90 Å². The molecule has 3 aliphatic rings. The quantitative estimate of drug-likeness (QED) is 0.621. The topological polar surface area (TPSA) is 91.6 Å². The molecule has 2 saturated heterocycles. The van der Waals surface area contributed by atoms with Crippen molar-refractivity contribution in [2.24, 2.45) is 0 Å². The van der Waals surface area contributed by atoms with E-state index in [0.29, 0.717) is 24.5 Å². The van der Waals surface area contributed by atoms with Gasteiger partial charge in [0.15, 0.2) is 11.3 Å². The SMILES string of the molecule is O=C(O)c1cc(N2CCC[C@@H](N3CCCC3=O)C2)c2c(C3CCC3)nn(-c3ccccc3)c2n1. The van der Waals surface area contributed by atoms with E-state index in [1.165, 1.54) is 6.42 Å². The van der Waals surface area contributed by atoms with Crippen LogP contribution >= 0.6 is 0 Å². The number of aromatic nitrogens is 3. The number of likely N-dealkylation sites (tertiary alicyclic amines) is 1. The molecular formula is C26H29N5O3. The number of pyridine rings is 1. The van der Waals surface area contributed by atoms with Gasteiger partial charge in [-0.2, -0.15) is 5.10 Å². The van der Waals surface area contributed by atoms with Crippen LogP contribution in [0, 0.1) is 0 Å². The largest absolute Gasteiger partial charge is 0.477 e. The Morgan fingerprint density at radius 3 is 2.53 bits per heavy atom. The van der Waals surface area contributed by atoms with Crippen LogP contribution in [0.1, 0.15) is 67.0 Å². The number of amides is 1. The number of nitrogens with zero attached hydrogens (tertiary/aromatic N) is 5. The van der Waals surface area contributed by atoms with Gasteiger partial charge in [-0.15, -0.1) is 0 Å². The number of carbonyl (C=O) groups is 2. The number of piperidine rings is 1. The maximum atomic E-state index is 12.4. The maximum Gasteiger partial charge on any atom is 0.354 e. The molecule has 1 N–H and O–H groups in total. The van der Waals surface area contributed by atoms with Crippen LogP contribution in [0.3, 0.4) is 0 Å². The van der Waals surface area contributed by atoms with E-state index in [4.69, 9.17) is 5.10 Å². The molecule has 176 valence electrons. The lowest BCUT2D eigenvalue weighted by Crippen LogP contribution is -2.48. The van der Waals surface area contributed by atoms with Gasteiger partial charge in [-0.25, -0.2) is 14.5 Å². The molecule has 3 aromatic rings. The number of benzene rings is 1. The maximum absolute atomic E-state index is 12.4. The zero-order valence-corrected chi connectivity index (χ0v) is 19.2. The van der Waals surface area contributed by atoms with Crippen LogP contribution in [0.5, 0.6) is 0 Å². The third kappa shape index (κ3) is 3.52. The molecule has 1 saturated carbocycles. The highest BCUT2D eigenvalue weighted by Crippen LogP contribution is 2.43. The first kappa shape index (κ1) is 21.1. The van der Waals surface area contributed by atoms with Gasteiger partial charge >= 0.3 is 5.97 Å². The highest BCUT2D eigenvalue weighted by atomic mass is 16.4. The summed E-state index contributed by atoms with van der Waals surface area (Å²) in [6.45, 7) is 2.37. The molecule has 8 heteroatoms. The van der Waals surface area contributed by atoms with E-state index >= 15 is 0 Å². The molecule has 8 nitrogen and oxygen atoms in total. The smallest absolute Gasteiger partial charge is 0.354 e. The minimum absolute atomic E-state index is 0.0270. The van der Waals surface area contributed by atoms with Crippen LogP contribution in [-0.2, 0) is 4.79 Å². The van der Waals surface area contributed by atoms with Crippen molar-refractivity contribution in [1.29, 1.82) is 0 Å².